The Hall–Kier alpha value is -6.68. The number of Topliss-reactive ketones (excluding diaryl/α,β-unsaturated/α-hetero) is 2. The highest BCUT2D eigenvalue weighted by molar-refractivity contribution is 6.61. The molecule has 6 aromatic rings. The Bertz CT molecular complexity index is 2420. The highest BCUT2D eigenvalue weighted by Crippen LogP contribution is 2.13. The Morgan fingerprint density at radius 3 is 1.95 bits per heavy atom. The van der Waals surface area contributed by atoms with Gasteiger partial charge in [-0.25, -0.2) is 14.8 Å². The number of aromatic amines is 2. The average Bonchev–Trinajstić information content (AvgIpc) is 3.53. The number of carboxylic acids is 1. The number of H-pyrrole nitrogens is 2. The van der Waals surface area contributed by atoms with Gasteiger partial charge in [-0.1, -0.05) is 50.2 Å². The number of nitrogens with two attached hydrogens (primary N) is 2. The lowest BCUT2D eigenvalue weighted by molar-refractivity contribution is -0.138. The monoisotopic (exact) mass is 803 g/mol. The molecule has 57 heavy (non-hydrogen) atoms. The predicted molar refractivity (Wildman–Crippen MR) is 218 cm³/mol. The van der Waals surface area contributed by atoms with Crippen LogP contribution in [-0.2, 0) is 25.5 Å². The van der Waals surface area contributed by atoms with Gasteiger partial charge in [0.25, 0.3) is 17.0 Å². The van der Waals surface area contributed by atoms with Gasteiger partial charge >= 0.3 is 11.4 Å². The standard InChI is InChI=1S/C12H12N2O2.C11H9N3O.C7H8N2O.C5H9ClO2.C5H8O3/c1-8(15)6-7-11-13-10-5-3-2-4-9(10)12(16)14-11;1-7-12-6-10-13-11(15)8-4-2-3-5-9(8)14(7)10;8-6-4-2-1-3-5(6)7(9)10;1-4(2)3-8-5(6)7;1-4(6)2-3-5(7)8/h2-5H,6-7H2,1H3,(H,13,14,16);2-6H,1H3,(H,13,15);1-4H,8H2,(H2,9,10);4H,3H2,1-2H3;2-3H2,1H3,(H,7,8). The van der Waals surface area contributed by atoms with Crippen molar-refractivity contribution in [2.24, 2.45) is 11.7 Å². The second kappa shape index (κ2) is 23.3. The molecule has 16 nitrogen and oxygen atoms in total. The van der Waals surface area contributed by atoms with E-state index in [1.165, 1.54) is 13.8 Å². The molecule has 302 valence electrons. The number of aromatic nitrogens is 5. The Kier molecular flexibility index (Phi) is 19.0. The van der Waals surface area contributed by atoms with Crippen LogP contribution in [0, 0.1) is 12.8 Å². The number of ketones is 2. The number of benzene rings is 3. The number of primary amides is 1. The van der Waals surface area contributed by atoms with E-state index in [0.29, 0.717) is 58.7 Å². The molecule has 3 heterocycles. The third kappa shape index (κ3) is 16.3. The number of halogens is 1. The number of nitrogens with one attached hydrogen (secondary N) is 2. The van der Waals surface area contributed by atoms with Crippen LogP contribution in [0.1, 0.15) is 69.0 Å². The molecule has 0 aliphatic carbocycles. The molecule has 17 heteroatoms. The van der Waals surface area contributed by atoms with Crippen LogP contribution in [0.4, 0.5) is 10.5 Å². The Labute approximate surface area is 332 Å². The van der Waals surface area contributed by atoms with Crippen molar-refractivity contribution < 1.29 is 33.8 Å². The number of ether oxygens (including phenoxy) is 1. The Balaban J connectivity index is 0.000000255. The van der Waals surface area contributed by atoms with Crippen molar-refractivity contribution in [3.05, 3.63) is 117 Å². The average molecular weight is 804 g/mol. The van der Waals surface area contributed by atoms with Crippen LogP contribution in [0.3, 0.4) is 0 Å². The summed E-state index contributed by atoms with van der Waals surface area (Å²) < 4.78 is 6.37. The lowest BCUT2D eigenvalue weighted by atomic mass is 10.2. The van der Waals surface area contributed by atoms with Gasteiger partial charge in [0.2, 0.25) is 0 Å². The van der Waals surface area contributed by atoms with E-state index in [2.05, 4.69) is 24.7 Å². The minimum atomic E-state index is -0.916. The molecule has 0 saturated heterocycles. The molecule has 0 radical (unpaired) electrons. The summed E-state index contributed by atoms with van der Waals surface area (Å²) >= 11 is 4.86. The van der Waals surface area contributed by atoms with Gasteiger partial charge in [0, 0.05) is 36.6 Å². The van der Waals surface area contributed by atoms with Crippen LogP contribution in [0.5, 0.6) is 0 Å². The van der Waals surface area contributed by atoms with Crippen molar-refractivity contribution in [1.29, 1.82) is 0 Å². The largest absolute Gasteiger partial charge is 0.481 e. The predicted octanol–water partition coefficient (Wildman–Crippen LogP) is 5.75. The quantitative estimate of drug-likeness (QED) is 0.0864. The van der Waals surface area contributed by atoms with E-state index < -0.39 is 17.3 Å². The van der Waals surface area contributed by atoms with Gasteiger partial charge in [0.15, 0.2) is 0 Å². The molecule has 0 aliphatic heterocycles. The van der Waals surface area contributed by atoms with Crippen LogP contribution in [0.25, 0.3) is 27.5 Å². The van der Waals surface area contributed by atoms with Crippen LogP contribution < -0.4 is 22.6 Å². The molecule has 6 rings (SSSR count). The van der Waals surface area contributed by atoms with E-state index in [1.807, 2.05) is 55.5 Å². The van der Waals surface area contributed by atoms with E-state index in [4.69, 9.17) is 28.2 Å². The zero-order valence-corrected chi connectivity index (χ0v) is 33.0. The van der Waals surface area contributed by atoms with Crippen molar-refractivity contribution in [3.8, 4) is 0 Å². The molecule has 1 amide bonds. The second-order valence-electron chi connectivity index (χ2n) is 12.7. The van der Waals surface area contributed by atoms with Crippen molar-refractivity contribution >= 4 is 73.6 Å². The summed E-state index contributed by atoms with van der Waals surface area (Å²) in [5, 5.41) is 9.27. The molecule has 0 bridgehead atoms. The number of fused-ring (bicyclic) bond motifs is 4. The number of carbonyl (C=O) groups excluding carboxylic acids is 4. The molecule has 0 atom stereocenters. The summed E-state index contributed by atoms with van der Waals surface area (Å²) in [6.45, 7) is 9.11. The zero-order chi connectivity index (χ0) is 42.7. The first-order valence-corrected chi connectivity index (χ1v) is 17.9. The third-order valence-electron chi connectivity index (χ3n) is 7.39. The van der Waals surface area contributed by atoms with E-state index in [0.717, 1.165) is 17.0 Å². The molecule has 0 saturated carbocycles. The summed E-state index contributed by atoms with van der Waals surface area (Å²) in [6, 6.07) is 21.4. The molecular formula is C40H46ClN7O9. The first-order valence-electron chi connectivity index (χ1n) is 17.5. The fraction of sp³-hybridized carbons (Fsp3) is 0.275. The van der Waals surface area contributed by atoms with Crippen molar-refractivity contribution in [2.45, 2.75) is 60.3 Å². The number of nitrogen functional groups attached to an aromatic ring is 1. The number of carbonyl (C=O) groups is 5. The number of nitrogens with zero attached hydrogens (tertiary/aromatic N) is 3. The maximum Gasteiger partial charge on any atom is 0.403 e. The van der Waals surface area contributed by atoms with Gasteiger partial charge in [-0.15, -0.1) is 0 Å². The number of imidazole rings is 1. The summed E-state index contributed by atoms with van der Waals surface area (Å²) in [6.07, 6.45) is 2.66. The van der Waals surface area contributed by atoms with Crippen molar-refractivity contribution in [2.75, 3.05) is 12.3 Å². The van der Waals surface area contributed by atoms with Gasteiger partial charge in [-0.3, -0.25) is 23.6 Å². The normalized spacial score (nSPS) is 10.1. The van der Waals surface area contributed by atoms with Gasteiger partial charge in [-0.2, -0.15) is 0 Å². The number of aliphatic carboxylic acids is 1. The first kappa shape index (κ1) is 46.5. The fourth-order valence-corrected chi connectivity index (χ4v) is 4.73. The molecule has 3 aromatic carbocycles. The smallest absolute Gasteiger partial charge is 0.403 e. The van der Waals surface area contributed by atoms with Crippen LogP contribution in [-0.4, -0.2) is 64.9 Å². The Morgan fingerprint density at radius 2 is 1.42 bits per heavy atom. The van der Waals surface area contributed by atoms with Crippen molar-refractivity contribution in [1.82, 2.24) is 24.3 Å². The van der Waals surface area contributed by atoms with Crippen LogP contribution in [0.15, 0.2) is 88.6 Å². The van der Waals surface area contributed by atoms with E-state index in [1.54, 1.807) is 48.7 Å². The number of anilines is 1. The number of aryl methyl sites for hydroxylation is 2. The number of carboxylic acid groups (broad SMARTS) is 1. The molecule has 0 aliphatic rings. The SMILES string of the molecule is CC(=O)CCC(=O)O.CC(=O)CCc1nc2ccccc2c(=O)[nH]1.CC(C)COC(=O)Cl.Cc1ncc2[nH]c(=O)c3ccccc3n12.NC(=O)c1ccccc1N. The van der Waals surface area contributed by atoms with E-state index >= 15 is 0 Å². The topological polar surface area (TPSA) is 263 Å². The highest BCUT2D eigenvalue weighted by atomic mass is 35.5. The summed E-state index contributed by atoms with van der Waals surface area (Å²) in [5.41, 5.74) is 12.6. The maximum absolute atomic E-state index is 11.7. The third-order valence-corrected chi connectivity index (χ3v) is 7.50. The molecule has 0 spiro atoms. The summed E-state index contributed by atoms with van der Waals surface area (Å²) in [5.74, 6) is 0.413. The van der Waals surface area contributed by atoms with E-state index in [-0.39, 0.29) is 35.5 Å². The molecule has 7 N–H and O–H groups in total. The zero-order valence-electron chi connectivity index (χ0n) is 32.2. The number of para-hydroxylation sites is 3. The summed E-state index contributed by atoms with van der Waals surface area (Å²) in [7, 11) is 0. The molecule has 3 aromatic heterocycles. The number of rotatable bonds is 9. The maximum atomic E-state index is 11.7. The molecule has 0 unspecified atom stereocenters. The minimum absolute atomic E-state index is 0.0463. The fourth-order valence-electron chi connectivity index (χ4n) is 4.67. The molecular weight excluding hydrogens is 758 g/mol. The van der Waals surface area contributed by atoms with Crippen LogP contribution >= 0.6 is 11.6 Å². The van der Waals surface area contributed by atoms with Gasteiger partial charge < -0.3 is 40.9 Å². The lowest BCUT2D eigenvalue weighted by Gasteiger charge is -2.02. The van der Waals surface area contributed by atoms with Gasteiger partial charge in [0.05, 0.1) is 46.6 Å². The van der Waals surface area contributed by atoms with Gasteiger partial charge in [-0.05, 0) is 63.1 Å². The summed E-state index contributed by atoms with van der Waals surface area (Å²) in [4.78, 5) is 88.5. The molecule has 0 fully saturated rings. The van der Waals surface area contributed by atoms with Crippen molar-refractivity contribution in [3.63, 3.8) is 0 Å². The number of hydrogen-bond donors (Lipinski definition) is 5. The highest BCUT2D eigenvalue weighted by Gasteiger charge is 2.07. The Morgan fingerprint density at radius 1 is 0.842 bits per heavy atom. The first-order chi connectivity index (χ1) is 26.9. The minimum Gasteiger partial charge on any atom is -0.481 e. The lowest BCUT2D eigenvalue weighted by Crippen LogP contribution is -2.12. The van der Waals surface area contributed by atoms with Crippen LogP contribution in [0.2, 0.25) is 0 Å². The van der Waals surface area contributed by atoms with E-state index in [9.17, 15) is 33.6 Å². The second-order valence-corrected chi connectivity index (χ2v) is 13.0. The van der Waals surface area contributed by atoms with Gasteiger partial charge in [0.1, 0.15) is 28.9 Å². The number of hydrogen-bond acceptors (Lipinski definition) is 11. The number of amides is 1.